The number of allylic oxidation sites excluding steroid dienone is 1. The fraction of sp³-hybridized carbons (Fsp3) is 0.857. The third-order valence-electron chi connectivity index (χ3n) is 2.29. The Morgan fingerprint density at radius 3 is 2.31 bits per heavy atom. The van der Waals surface area contributed by atoms with Gasteiger partial charge in [0.25, 0.3) is 0 Å². The van der Waals surface area contributed by atoms with Gasteiger partial charge in [0.15, 0.2) is 0 Å². The van der Waals surface area contributed by atoms with Crippen molar-refractivity contribution < 1.29 is 4.74 Å². The Balaban J connectivity index is 3.65. The summed E-state index contributed by atoms with van der Waals surface area (Å²) in [5.74, 6) is 0. The SMILES string of the molecule is C=CCCCOCC(C)(C)CNC(C)(C)C. The van der Waals surface area contributed by atoms with E-state index in [2.05, 4.69) is 46.5 Å². The number of ether oxygens (including phenoxy) is 1. The van der Waals surface area contributed by atoms with E-state index in [1.807, 2.05) is 6.08 Å². The van der Waals surface area contributed by atoms with Gasteiger partial charge in [-0.2, -0.15) is 0 Å². The number of nitrogens with one attached hydrogen (secondary N) is 1. The van der Waals surface area contributed by atoms with E-state index in [1.54, 1.807) is 0 Å². The van der Waals surface area contributed by atoms with E-state index in [9.17, 15) is 0 Å². The molecule has 0 amide bonds. The van der Waals surface area contributed by atoms with Gasteiger partial charge in [0.05, 0.1) is 6.61 Å². The highest BCUT2D eigenvalue weighted by molar-refractivity contribution is 4.78. The lowest BCUT2D eigenvalue weighted by Crippen LogP contribution is -2.43. The van der Waals surface area contributed by atoms with Gasteiger partial charge in [0.1, 0.15) is 0 Å². The van der Waals surface area contributed by atoms with E-state index in [0.29, 0.717) is 0 Å². The van der Waals surface area contributed by atoms with Crippen molar-refractivity contribution in [3.8, 4) is 0 Å². The molecule has 0 atom stereocenters. The fourth-order valence-corrected chi connectivity index (χ4v) is 1.23. The molecule has 0 saturated heterocycles. The summed E-state index contributed by atoms with van der Waals surface area (Å²) in [7, 11) is 0. The second-order valence-corrected chi connectivity index (χ2v) is 6.25. The second-order valence-electron chi connectivity index (χ2n) is 6.25. The van der Waals surface area contributed by atoms with Gasteiger partial charge in [-0.15, -0.1) is 6.58 Å². The van der Waals surface area contributed by atoms with Gasteiger partial charge in [-0.05, 0) is 33.6 Å². The number of rotatable bonds is 8. The lowest BCUT2D eigenvalue weighted by Gasteiger charge is -2.30. The van der Waals surface area contributed by atoms with Crippen LogP contribution in [0.1, 0.15) is 47.5 Å². The maximum atomic E-state index is 5.68. The zero-order chi connectivity index (χ0) is 12.7. The molecule has 0 aliphatic carbocycles. The molecule has 0 aromatic rings. The van der Waals surface area contributed by atoms with E-state index in [-0.39, 0.29) is 11.0 Å². The summed E-state index contributed by atoms with van der Waals surface area (Å²) in [6, 6.07) is 0. The smallest absolute Gasteiger partial charge is 0.0529 e. The van der Waals surface area contributed by atoms with Gasteiger partial charge in [0.2, 0.25) is 0 Å². The molecule has 0 aliphatic rings. The molecule has 2 heteroatoms. The lowest BCUT2D eigenvalue weighted by atomic mass is 9.93. The summed E-state index contributed by atoms with van der Waals surface area (Å²) in [6.45, 7) is 17.4. The minimum Gasteiger partial charge on any atom is -0.381 e. The van der Waals surface area contributed by atoms with Crippen molar-refractivity contribution in [2.24, 2.45) is 5.41 Å². The third kappa shape index (κ3) is 10.2. The number of hydrogen-bond donors (Lipinski definition) is 1. The molecule has 0 bridgehead atoms. The molecule has 0 aliphatic heterocycles. The van der Waals surface area contributed by atoms with Crippen molar-refractivity contribution >= 4 is 0 Å². The van der Waals surface area contributed by atoms with E-state index < -0.39 is 0 Å². The van der Waals surface area contributed by atoms with Crippen molar-refractivity contribution in [2.75, 3.05) is 19.8 Å². The van der Waals surface area contributed by atoms with Crippen LogP contribution in [0, 0.1) is 5.41 Å². The monoisotopic (exact) mass is 227 g/mol. The standard InChI is InChI=1S/C14H29NO/c1-7-8-9-10-16-12-14(5,6)11-15-13(2,3)4/h7,15H,1,8-12H2,2-6H3. The van der Waals surface area contributed by atoms with E-state index in [1.165, 1.54) is 0 Å². The first-order valence-electron chi connectivity index (χ1n) is 6.20. The second kappa shape index (κ2) is 7.08. The Hall–Kier alpha value is -0.340. The molecule has 16 heavy (non-hydrogen) atoms. The highest BCUT2D eigenvalue weighted by Gasteiger charge is 2.20. The normalized spacial score (nSPS) is 12.8. The first-order chi connectivity index (χ1) is 7.27. The molecule has 0 saturated carbocycles. The molecule has 0 aromatic heterocycles. The van der Waals surface area contributed by atoms with Crippen LogP contribution in [0.3, 0.4) is 0 Å². The summed E-state index contributed by atoms with van der Waals surface area (Å²) in [6.07, 6.45) is 4.06. The predicted octanol–water partition coefficient (Wildman–Crippen LogP) is 3.38. The van der Waals surface area contributed by atoms with Crippen molar-refractivity contribution in [3.63, 3.8) is 0 Å². The Morgan fingerprint density at radius 2 is 1.81 bits per heavy atom. The topological polar surface area (TPSA) is 21.3 Å². The minimum absolute atomic E-state index is 0.181. The van der Waals surface area contributed by atoms with Gasteiger partial charge in [0, 0.05) is 24.1 Å². The average Bonchev–Trinajstić information content (AvgIpc) is 2.14. The first kappa shape index (κ1) is 15.7. The maximum absolute atomic E-state index is 5.68. The van der Waals surface area contributed by atoms with Gasteiger partial charge in [-0.1, -0.05) is 19.9 Å². The van der Waals surface area contributed by atoms with Crippen LogP contribution in [0.2, 0.25) is 0 Å². The predicted molar refractivity (Wildman–Crippen MR) is 71.8 cm³/mol. The number of hydrogen-bond acceptors (Lipinski definition) is 2. The van der Waals surface area contributed by atoms with Gasteiger partial charge in [-0.3, -0.25) is 0 Å². The quantitative estimate of drug-likeness (QED) is 0.507. The molecular weight excluding hydrogens is 198 g/mol. The summed E-state index contributed by atoms with van der Waals surface area (Å²) in [4.78, 5) is 0. The molecule has 0 heterocycles. The average molecular weight is 227 g/mol. The molecule has 0 unspecified atom stereocenters. The van der Waals surface area contributed by atoms with Crippen molar-refractivity contribution in [2.45, 2.75) is 53.0 Å². The van der Waals surface area contributed by atoms with E-state index in [4.69, 9.17) is 4.74 Å². The largest absolute Gasteiger partial charge is 0.381 e. The van der Waals surface area contributed by atoms with Gasteiger partial charge >= 0.3 is 0 Å². The molecular formula is C14H29NO. The molecule has 2 nitrogen and oxygen atoms in total. The highest BCUT2D eigenvalue weighted by atomic mass is 16.5. The van der Waals surface area contributed by atoms with E-state index in [0.717, 1.165) is 32.6 Å². The van der Waals surface area contributed by atoms with Gasteiger partial charge in [-0.25, -0.2) is 0 Å². The maximum Gasteiger partial charge on any atom is 0.0529 e. The molecule has 0 fully saturated rings. The Morgan fingerprint density at radius 1 is 1.19 bits per heavy atom. The zero-order valence-electron chi connectivity index (χ0n) is 11.7. The Labute approximate surface area is 101 Å². The van der Waals surface area contributed by atoms with Crippen LogP contribution in [0.15, 0.2) is 12.7 Å². The third-order valence-corrected chi connectivity index (χ3v) is 2.29. The summed E-state index contributed by atoms with van der Waals surface area (Å²) >= 11 is 0. The highest BCUT2D eigenvalue weighted by Crippen LogP contribution is 2.16. The van der Waals surface area contributed by atoms with Crippen molar-refractivity contribution in [1.29, 1.82) is 0 Å². The van der Waals surface area contributed by atoms with Gasteiger partial charge < -0.3 is 10.1 Å². The molecule has 0 rings (SSSR count). The zero-order valence-corrected chi connectivity index (χ0v) is 11.7. The molecule has 0 aromatic carbocycles. The Kier molecular flexibility index (Phi) is 6.93. The molecule has 1 N–H and O–H groups in total. The molecule has 0 radical (unpaired) electrons. The molecule has 96 valence electrons. The van der Waals surface area contributed by atoms with Crippen LogP contribution < -0.4 is 5.32 Å². The minimum atomic E-state index is 0.181. The van der Waals surface area contributed by atoms with Crippen molar-refractivity contribution in [3.05, 3.63) is 12.7 Å². The number of unbranched alkanes of at least 4 members (excludes halogenated alkanes) is 1. The van der Waals surface area contributed by atoms with Crippen LogP contribution >= 0.6 is 0 Å². The van der Waals surface area contributed by atoms with Crippen LogP contribution in [0.5, 0.6) is 0 Å². The fourth-order valence-electron chi connectivity index (χ4n) is 1.23. The van der Waals surface area contributed by atoms with E-state index >= 15 is 0 Å². The van der Waals surface area contributed by atoms with Crippen LogP contribution in [-0.4, -0.2) is 25.3 Å². The summed E-state index contributed by atoms with van der Waals surface area (Å²) in [5.41, 5.74) is 0.377. The van der Waals surface area contributed by atoms with Crippen LogP contribution in [0.25, 0.3) is 0 Å². The Bertz CT molecular complexity index is 191. The molecule has 0 spiro atoms. The van der Waals surface area contributed by atoms with Crippen molar-refractivity contribution in [1.82, 2.24) is 5.32 Å². The summed E-state index contributed by atoms with van der Waals surface area (Å²) in [5, 5.41) is 3.52. The van der Waals surface area contributed by atoms with Crippen LogP contribution in [0.4, 0.5) is 0 Å². The lowest BCUT2D eigenvalue weighted by molar-refractivity contribution is 0.0579. The first-order valence-corrected chi connectivity index (χ1v) is 6.20. The van der Waals surface area contributed by atoms with Crippen LogP contribution in [-0.2, 0) is 4.74 Å². The summed E-state index contributed by atoms with van der Waals surface area (Å²) < 4.78 is 5.68.